The van der Waals surface area contributed by atoms with Crippen molar-refractivity contribution in [3.05, 3.63) is 28.8 Å². The second-order valence-corrected chi connectivity index (χ2v) is 7.71. The third-order valence-corrected chi connectivity index (χ3v) is 5.06. The van der Waals surface area contributed by atoms with Crippen LogP contribution in [0, 0.1) is 11.8 Å². The molecule has 1 aromatic carbocycles. The van der Waals surface area contributed by atoms with Gasteiger partial charge in [-0.25, -0.2) is 0 Å². The molecule has 2 aliphatic rings. The summed E-state index contributed by atoms with van der Waals surface area (Å²) in [5.41, 5.74) is 2.40. The molecule has 0 amide bonds. The smallest absolute Gasteiger partial charge is 0.231 e. The molecule has 0 aliphatic carbocycles. The van der Waals surface area contributed by atoms with Crippen LogP contribution in [0.2, 0.25) is 0 Å². The maximum absolute atomic E-state index is 10.7. The summed E-state index contributed by atoms with van der Waals surface area (Å²) in [5, 5.41) is 10.7. The molecular weight excluding hydrogens is 342 g/mol. The first kappa shape index (κ1) is 19.6. The van der Waals surface area contributed by atoms with Crippen molar-refractivity contribution in [3.63, 3.8) is 0 Å². The van der Waals surface area contributed by atoms with Gasteiger partial charge < -0.3 is 19.3 Å². The molecule has 0 aromatic heterocycles. The van der Waals surface area contributed by atoms with Crippen LogP contribution in [0.15, 0.2) is 17.7 Å². The highest BCUT2D eigenvalue weighted by molar-refractivity contribution is 5.63. The normalized spacial score (nSPS) is 20.1. The van der Waals surface area contributed by atoms with Gasteiger partial charge in [0.1, 0.15) is 11.6 Å². The molecule has 146 valence electrons. The van der Waals surface area contributed by atoms with Gasteiger partial charge >= 0.3 is 0 Å². The van der Waals surface area contributed by atoms with Crippen LogP contribution < -0.4 is 14.2 Å². The van der Waals surface area contributed by atoms with Crippen LogP contribution in [0.25, 0.3) is 0 Å². The van der Waals surface area contributed by atoms with Crippen molar-refractivity contribution >= 4 is 0 Å². The molecular formula is C22H29NO4. The zero-order valence-electron chi connectivity index (χ0n) is 16.9. The van der Waals surface area contributed by atoms with Gasteiger partial charge in [-0.15, -0.1) is 0 Å². The Hall–Kier alpha value is -2.16. The lowest BCUT2D eigenvalue weighted by atomic mass is 9.90. The van der Waals surface area contributed by atoms with Gasteiger partial charge in [0.05, 0.1) is 7.11 Å². The average molecular weight is 371 g/mol. The molecule has 3 rings (SSSR count). The number of nitrogens with zero attached hydrogens (tertiary/aromatic N) is 1. The highest BCUT2D eigenvalue weighted by Gasteiger charge is 2.33. The van der Waals surface area contributed by atoms with Crippen molar-refractivity contribution in [2.75, 3.05) is 27.5 Å². The van der Waals surface area contributed by atoms with E-state index in [-0.39, 0.29) is 12.8 Å². The van der Waals surface area contributed by atoms with Gasteiger partial charge in [-0.05, 0) is 58.7 Å². The lowest BCUT2D eigenvalue weighted by Gasteiger charge is -2.33. The summed E-state index contributed by atoms with van der Waals surface area (Å²) in [7, 11) is 3.69. The van der Waals surface area contributed by atoms with Gasteiger partial charge in [0.2, 0.25) is 12.5 Å². The molecule has 0 fully saturated rings. The highest BCUT2D eigenvalue weighted by atomic mass is 16.7. The number of rotatable bonds is 4. The molecule has 5 heteroatoms. The third kappa shape index (κ3) is 4.23. The van der Waals surface area contributed by atoms with Crippen LogP contribution in [-0.4, -0.2) is 43.1 Å². The van der Waals surface area contributed by atoms with Gasteiger partial charge in [-0.1, -0.05) is 23.5 Å². The van der Waals surface area contributed by atoms with E-state index in [0.717, 1.165) is 36.3 Å². The molecule has 2 atom stereocenters. The Labute approximate surface area is 161 Å². The molecule has 5 nitrogen and oxygen atoms in total. The predicted molar refractivity (Wildman–Crippen MR) is 105 cm³/mol. The average Bonchev–Trinajstić information content (AvgIpc) is 3.06. The van der Waals surface area contributed by atoms with E-state index in [9.17, 15) is 5.11 Å². The molecule has 1 N–H and O–H groups in total. The molecule has 0 saturated heterocycles. The summed E-state index contributed by atoms with van der Waals surface area (Å²) in [5.74, 6) is 8.47. The summed E-state index contributed by atoms with van der Waals surface area (Å²) < 4.78 is 16.9. The highest BCUT2D eigenvalue weighted by Crippen LogP contribution is 2.49. The topological polar surface area (TPSA) is 51.2 Å². The number of hydrogen-bond acceptors (Lipinski definition) is 5. The van der Waals surface area contributed by atoms with Crippen molar-refractivity contribution < 1.29 is 19.3 Å². The van der Waals surface area contributed by atoms with E-state index in [4.69, 9.17) is 14.2 Å². The van der Waals surface area contributed by atoms with Gasteiger partial charge in [0, 0.05) is 12.1 Å². The van der Waals surface area contributed by atoms with Crippen molar-refractivity contribution in [1.29, 1.82) is 0 Å². The standard InChI is InChI=1S/C22H29NO4/c1-15(2)7-6-10-22(3,24)11-8-17-19-16(9-12-23(17)4)13-18-20(21(19)25-5)27-14-26-18/h7,13,17,24H,6,9-10,12,14H2,1-5H3/t17-,22-/m0/s1. The zero-order chi connectivity index (χ0) is 19.6. The van der Waals surface area contributed by atoms with E-state index in [2.05, 4.69) is 36.7 Å². The number of likely N-dealkylation sites (N-methyl/N-ethyl adjacent to an activating group) is 1. The van der Waals surface area contributed by atoms with Crippen LogP contribution in [0.4, 0.5) is 0 Å². The Morgan fingerprint density at radius 3 is 2.93 bits per heavy atom. The number of hydrogen-bond donors (Lipinski definition) is 1. The van der Waals surface area contributed by atoms with E-state index in [1.807, 2.05) is 13.1 Å². The monoisotopic (exact) mass is 371 g/mol. The van der Waals surface area contributed by atoms with E-state index < -0.39 is 5.60 Å². The SMILES string of the molecule is COc1c2c(cc3c1[C@H](C#C[C@@](C)(O)CCC=C(C)C)N(C)CC3)OCO2. The fourth-order valence-corrected chi connectivity index (χ4v) is 3.54. The largest absolute Gasteiger partial charge is 0.492 e. The minimum absolute atomic E-state index is 0.159. The lowest BCUT2D eigenvalue weighted by molar-refractivity contribution is 0.113. The molecule has 0 saturated carbocycles. The third-order valence-electron chi connectivity index (χ3n) is 5.06. The van der Waals surface area contributed by atoms with E-state index in [1.54, 1.807) is 14.0 Å². The number of methoxy groups -OCH3 is 1. The summed E-state index contributed by atoms with van der Waals surface area (Å²) in [4.78, 5) is 2.19. The molecule has 1 aromatic rings. The first-order valence-corrected chi connectivity index (χ1v) is 9.40. The van der Waals surface area contributed by atoms with Crippen LogP contribution in [0.1, 0.15) is 50.8 Å². The lowest BCUT2D eigenvalue weighted by Crippen LogP contribution is -2.32. The quantitative estimate of drug-likeness (QED) is 0.649. The van der Waals surface area contributed by atoms with E-state index in [0.29, 0.717) is 17.9 Å². The molecule has 0 spiro atoms. The Balaban J connectivity index is 1.93. The van der Waals surface area contributed by atoms with Gasteiger partial charge in [-0.2, -0.15) is 0 Å². The molecule has 0 unspecified atom stereocenters. The zero-order valence-corrected chi connectivity index (χ0v) is 16.9. The minimum atomic E-state index is -1.03. The van der Waals surface area contributed by atoms with Crippen molar-refractivity contribution in [3.8, 4) is 29.1 Å². The second-order valence-electron chi connectivity index (χ2n) is 7.71. The first-order chi connectivity index (χ1) is 12.8. The number of ether oxygens (including phenoxy) is 3. The van der Waals surface area contributed by atoms with Gasteiger partial charge in [0.25, 0.3) is 0 Å². The molecule has 27 heavy (non-hydrogen) atoms. The number of benzene rings is 1. The Morgan fingerprint density at radius 1 is 1.44 bits per heavy atom. The van der Waals surface area contributed by atoms with Crippen molar-refractivity contribution in [1.82, 2.24) is 4.90 Å². The molecule has 0 radical (unpaired) electrons. The molecule has 2 aliphatic heterocycles. The van der Waals surface area contributed by atoms with E-state index >= 15 is 0 Å². The van der Waals surface area contributed by atoms with Crippen LogP contribution in [-0.2, 0) is 6.42 Å². The summed E-state index contributed by atoms with van der Waals surface area (Å²) in [6.07, 6.45) is 4.44. The first-order valence-electron chi connectivity index (χ1n) is 9.40. The second kappa shape index (κ2) is 7.84. The Bertz CT molecular complexity index is 797. The van der Waals surface area contributed by atoms with Crippen LogP contribution in [0.5, 0.6) is 17.2 Å². The maximum Gasteiger partial charge on any atom is 0.231 e. The maximum atomic E-state index is 10.7. The van der Waals surface area contributed by atoms with Crippen LogP contribution >= 0.6 is 0 Å². The minimum Gasteiger partial charge on any atom is -0.492 e. The number of aliphatic hydroxyl groups is 1. The van der Waals surface area contributed by atoms with Gasteiger partial charge in [-0.3, -0.25) is 4.90 Å². The fourth-order valence-electron chi connectivity index (χ4n) is 3.54. The van der Waals surface area contributed by atoms with E-state index in [1.165, 1.54) is 5.57 Å². The number of fused-ring (bicyclic) bond motifs is 2. The Kier molecular flexibility index (Phi) is 5.69. The van der Waals surface area contributed by atoms with Crippen molar-refractivity contribution in [2.24, 2.45) is 0 Å². The van der Waals surface area contributed by atoms with Crippen LogP contribution in [0.3, 0.4) is 0 Å². The summed E-state index contributed by atoms with van der Waals surface area (Å²) >= 11 is 0. The summed E-state index contributed by atoms with van der Waals surface area (Å²) in [6.45, 7) is 6.99. The molecule has 2 heterocycles. The number of allylic oxidation sites excluding steroid dienone is 2. The summed E-state index contributed by atoms with van der Waals surface area (Å²) in [6, 6.07) is 1.88. The predicted octanol–water partition coefficient (Wildman–Crippen LogP) is 3.45. The molecule has 0 bridgehead atoms. The van der Waals surface area contributed by atoms with Gasteiger partial charge in [0.15, 0.2) is 11.5 Å². The van der Waals surface area contributed by atoms with Crippen molar-refractivity contribution in [2.45, 2.75) is 51.7 Å². The Morgan fingerprint density at radius 2 is 2.22 bits per heavy atom. The fraction of sp³-hybridized carbons (Fsp3) is 0.545.